The minimum Gasteiger partial charge on any atom is -0.461 e. The number of fused-ring (bicyclic) bond motifs is 6. The first kappa shape index (κ1) is 33.7. The van der Waals surface area contributed by atoms with Crippen molar-refractivity contribution in [2.24, 2.45) is 11.8 Å². The van der Waals surface area contributed by atoms with Crippen LogP contribution in [-0.2, 0) is 47.6 Å². The molecule has 0 aromatic heterocycles. The minimum atomic E-state index is -0.341. The van der Waals surface area contributed by atoms with Gasteiger partial charge in [0.2, 0.25) is 0 Å². The fourth-order valence-corrected chi connectivity index (χ4v) is 7.71. The minimum absolute atomic E-state index is 0.0841. The number of esters is 4. The lowest BCUT2D eigenvalue weighted by Gasteiger charge is -2.20. The van der Waals surface area contributed by atoms with Gasteiger partial charge in [-0.15, -0.1) is 0 Å². The summed E-state index contributed by atoms with van der Waals surface area (Å²) in [5.74, 6) is -1.38. The Bertz CT molecular complexity index is 1270. The Morgan fingerprint density at radius 1 is 0.745 bits per heavy atom. The molecule has 4 fully saturated rings. The van der Waals surface area contributed by atoms with Crippen LogP contribution in [0.5, 0.6) is 0 Å². The molecule has 256 valence electrons. The van der Waals surface area contributed by atoms with Gasteiger partial charge in [0.25, 0.3) is 0 Å². The Morgan fingerprint density at radius 3 is 1.60 bits per heavy atom. The summed E-state index contributed by atoms with van der Waals surface area (Å²) in [5, 5.41) is 0. The third-order valence-electron chi connectivity index (χ3n) is 11.0. The molecular weight excluding hydrogens is 604 g/mol. The molecule has 4 saturated heterocycles. The van der Waals surface area contributed by atoms with E-state index in [9.17, 15) is 19.2 Å². The Balaban J connectivity index is 0.870. The maximum atomic E-state index is 12.5. The molecule has 4 heterocycles. The molecule has 0 radical (unpaired) electrons. The molecule has 0 amide bonds. The topological polar surface area (TPSA) is 130 Å². The summed E-state index contributed by atoms with van der Waals surface area (Å²) in [4.78, 5) is 49.3. The average molecular weight is 653 g/mol. The number of allylic oxidation sites excluding steroid dienone is 2. The van der Waals surface area contributed by atoms with Crippen molar-refractivity contribution in [2.75, 3.05) is 13.2 Å². The van der Waals surface area contributed by atoms with Gasteiger partial charge in [-0.25, -0.2) is 9.59 Å². The number of unbranched alkanes of at least 4 members (excludes halogenated alkanes) is 2. The van der Waals surface area contributed by atoms with Crippen molar-refractivity contribution in [1.82, 2.24) is 0 Å². The molecule has 0 unspecified atom stereocenters. The van der Waals surface area contributed by atoms with Crippen LogP contribution in [0, 0.1) is 11.8 Å². The van der Waals surface area contributed by atoms with Crippen LogP contribution in [0.15, 0.2) is 47.6 Å². The van der Waals surface area contributed by atoms with Gasteiger partial charge >= 0.3 is 23.9 Å². The average Bonchev–Trinajstić information content (AvgIpc) is 3.85. The molecular formula is C37H48O10. The van der Waals surface area contributed by atoms with E-state index in [2.05, 4.69) is 39.2 Å². The highest BCUT2D eigenvalue weighted by molar-refractivity contribution is 5.91. The molecule has 10 heteroatoms. The van der Waals surface area contributed by atoms with E-state index in [1.54, 1.807) is 0 Å². The molecule has 10 nitrogen and oxygen atoms in total. The zero-order valence-corrected chi connectivity index (χ0v) is 27.7. The first-order valence-corrected chi connectivity index (χ1v) is 17.3. The van der Waals surface area contributed by atoms with Gasteiger partial charge in [0.15, 0.2) is 0 Å². The number of ether oxygens (including phenoxy) is 6. The van der Waals surface area contributed by atoms with Gasteiger partial charge in [0, 0.05) is 35.8 Å². The third kappa shape index (κ3) is 7.59. The van der Waals surface area contributed by atoms with Crippen LogP contribution in [0.4, 0.5) is 0 Å². The van der Waals surface area contributed by atoms with Crippen LogP contribution >= 0.6 is 0 Å². The van der Waals surface area contributed by atoms with Crippen LogP contribution in [0.1, 0.15) is 97.3 Å². The predicted octanol–water partition coefficient (Wildman–Crippen LogP) is 5.53. The standard InChI is InChI=1S/C37H48O10/c1-22-26-16-14-24(10-8-18-36(3)32(46-36)30(26)44-34(22)40)20-42-28(38)12-6-5-7-13-29(39)43-21-25-11-9-19-37(4)33(47-37)31-27(17-15-25)23(2)35(41)45-31/h10-11,26-27,30-33H,1-2,5-9,12-21H2,3-4H3/b24-10+,25-11+/t26-,27-,30-,31-,32-,33-,36+,37+/m0/s1. The third-order valence-corrected chi connectivity index (χ3v) is 11.0. The van der Waals surface area contributed by atoms with Crippen molar-refractivity contribution in [1.29, 1.82) is 0 Å². The quantitative estimate of drug-likeness (QED) is 0.0741. The number of hydrogen-bond donors (Lipinski definition) is 0. The fourth-order valence-electron chi connectivity index (χ4n) is 7.71. The van der Waals surface area contributed by atoms with Crippen molar-refractivity contribution in [3.8, 4) is 0 Å². The molecule has 6 rings (SSSR count). The molecule has 47 heavy (non-hydrogen) atoms. The van der Waals surface area contributed by atoms with E-state index in [1.165, 1.54) is 0 Å². The lowest BCUT2D eigenvalue weighted by Crippen LogP contribution is -2.29. The van der Waals surface area contributed by atoms with E-state index in [0.717, 1.165) is 36.8 Å². The molecule has 0 N–H and O–H groups in total. The van der Waals surface area contributed by atoms with E-state index in [4.69, 9.17) is 28.4 Å². The first-order valence-electron chi connectivity index (χ1n) is 17.3. The summed E-state index contributed by atoms with van der Waals surface area (Å²) in [5.41, 5.74) is 2.47. The van der Waals surface area contributed by atoms with Crippen molar-refractivity contribution >= 4 is 23.9 Å². The van der Waals surface area contributed by atoms with Gasteiger partial charge in [-0.2, -0.15) is 0 Å². The Morgan fingerprint density at radius 2 is 1.17 bits per heavy atom. The van der Waals surface area contributed by atoms with E-state index in [1.807, 2.05) is 0 Å². The second kappa shape index (κ2) is 13.7. The summed E-state index contributed by atoms with van der Waals surface area (Å²) < 4.78 is 34.3. The monoisotopic (exact) mass is 652 g/mol. The SMILES string of the molecule is C=C1C(=O)O[C@H]2[C@H]1CC/C(COC(=O)CCCCCC(=O)OC/C1=C/CC[C@@]3(C)O[C@H]3[C@H]3OC(=O)C(=C)[C@@H]3CC1)=C\CC[C@@]1(C)O[C@@H]21. The predicted molar refractivity (Wildman–Crippen MR) is 170 cm³/mol. The smallest absolute Gasteiger partial charge is 0.334 e. The zero-order valence-electron chi connectivity index (χ0n) is 27.7. The summed E-state index contributed by atoms with van der Waals surface area (Å²) in [6.45, 7) is 12.5. The van der Waals surface area contributed by atoms with Gasteiger partial charge in [0.1, 0.15) is 37.6 Å². The van der Waals surface area contributed by atoms with Crippen LogP contribution < -0.4 is 0 Å². The van der Waals surface area contributed by atoms with Crippen molar-refractivity contribution < 1.29 is 47.6 Å². The van der Waals surface area contributed by atoms with Gasteiger partial charge in [-0.3, -0.25) is 9.59 Å². The molecule has 6 aliphatic rings. The lowest BCUT2D eigenvalue weighted by molar-refractivity contribution is -0.143. The molecule has 0 saturated carbocycles. The highest BCUT2D eigenvalue weighted by Gasteiger charge is 2.62. The normalized spacial score (nSPS) is 38.5. The Hall–Kier alpha value is -3.24. The van der Waals surface area contributed by atoms with Crippen LogP contribution in [-0.4, -0.2) is 72.7 Å². The molecule has 0 spiro atoms. The number of carbonyl (C=O) groups excluding carboxylic acids is 4. The van der Waals surface area contributed by atoms with Crippen molar-refractivity contribution in [2.45, 2.75) is 133 Å². The molecule has 0 aromatic rings. The largest absolute Gasteiger partial charge is 0.461 e. The van der Waals surface area contributed by atoms with E-state index in [-0.39, 0.29) is 97.4 Å². The number of hydrogen-bond acceptors (Lipinski definition) is 10. The lowest BCUT2D eigenvalue weighted by atomic mass is 9.84. The van der Waals surface area contributed by atoms with Crippen LogP contribution in [0.2, 0.25) is 0 Å². The number of epoxide rings is 2. The summed E-state index contributed by atoms with van der Waals surface area (Å²) in [6.07, 6.45) is 12.1. The molecule has 2 aliphatic carbocycles. The van der Waals surface area contributed by atoms with Gasteiger partial charge in [-0.1, -0.05) is 31.7 Å². The summed E-state index contributed by atoms with van der Waals surface area (Å²) in [7, 11) is 0. The maximum Gasteiger partial charge on any atom is 0.334 e. The summed E-state index contributed by atoms with van der Waals surface area (Å²) >= 11 is 0. The molecule has 8 atom stereocenters. The van der Waals surface area contributed by atoms with E-state index in [0.29, 0.717) is 56.1 Å². The second-order valence-electron chi connectivity index (χ2n) is 14.5. The fraction of sp³-hybridized carbons (Fsp3) is 0.676. The van der Waals surface area contributed by atoms with Crippen molar-refractivity contribution in [3.05, 3.63) is 47.6 Å². The Labute approximate surface area is 276 Å². The van der Waals surface area contributed by atoms with Crippen molar-refractivity contribution in [3.63, 3.8) is 0 Å². The highest BCUT2D eigenvalue weighted by atomic mass is 16.7. The van der Waals surface area contributed by atoms with E-state index >= 15 is 0 Å². The molecule has 0 aromatic carbocycles. The number of carbonyl (C=O) groups is 4. The van der Waals surface area contributed by atoms with Crippen LogP contribution in [0.25, 0.3) is 0 Å². The van der Waals surface area contributed by atoms with Gasteiger partial charge < -0.3 is 28.4 Å². The molecule has 4 aliphatic heterocycles. The zero-order chi connectivity index (χ0) is 33.3. The molecule has 0 bridgehead atoms. The van der Waals surface area contributed by atoms with Gasteiger partial charge in [0.05, 0.1) is 11.2 Å². The van der Waals surface area contributed by atoms with Gasteiger partial charge in [-0.05, 0) is 89.2 Å². The number of rotatable bonds is 10. The van der Waals surface area contributed by atoms with Crippen LogP contribution in [0.3, 0.4) is 0 Å². The Kier molecular flexibility index (Phi) is 9.81. The second-order valence-corrected chi connectivity index (χ2v) is 14.5. The van der Waals surface area contributed by atoms with E-state index < -0.39 is 0 Å². The highest BCUT2D eigenvalue weighted by Crippen LogP contribution is 2.51. The summed E-state index contributed by atoms with van der Waals surface area (Å²) in [6, 6.07) is 0. The maximum absolute atomic E-state index is 12.5. The first-order chi connectivity index (χ1) is 22.5.